The number of halogens is 1. The monoisotopic (exact) mass is 307 g/mol. The minimum absolute atomic E-state index is 0.0999. The second-order valence-electron chi connectivity index (χ2n) is 3.67. The summed E-state index contributed by atoms with van der Waals surface area (Å²) in [5.41, 5.74) is 1.96. The van der Waals surface area contributed by atoms with Crippen LogP contribution in [0.1, 0.15) is 5.56 Å². The van der Waals surface area contributed by atoms with Gasteiger partial charge in [0.2, 0.25) is 0 Å². The van der Waals surface area contributed by atoms with Crippen LogP contribution >= 0.6 is 15.9 Å². The fraction of sp³-hybridized carbons (Fsp3) is 0.0833. The Hall–Kier alpha value is -1.95. The topological polar surface area (TPSA) is 68.1 Å². The number of nitrogens with one attached hydrogen (secondary N) is 1. The normalized spacial score (nSPS) is 10.1. The van der Waals surface area contributed by atoms with Gasteiger partial charge in [-0.25, -0.2) is 0 Å². The fourth-order valence-corrected chi connectivity index (χ4v) is 1.81. The number of non-ortho nitro benzene ring substituents is 1. The molecule has 0 fully saturated rings. The lowest BCUT2D eigenvalue weighted by Gasteiger charge is -2.06. The first-order valence-electron chi connectivity index (χ1n) is 5.23. The van der Waals surface area contributed by atoms with Crippen LogP contribution in [0.5, 0.6) is 0 Å². The number of nitrogens with zero attached hydrogens (tertiary/aromatic N) is 2. The number of nitro groups is 1. The molecule has 0 saturated carbocycles. The van der Waals surface area contributed by atoms with Gasteiger partial charge in [-0.1, -0.05) is 12.1 Å². The maximum atomic E-state index is 10.5. The average Bonchev–Trinajstić information content (AvgIpc) is 2.37. The lowest BCUT2D eigenvalue weighted by molar-refractivity contribution is -0.384. The Morgan fingerprint density at radius 2 is 2.00 bits per heavy atom. The highest BCUT2D eigenvalue weighted by atomic mass is 79.9. The number of nitro benzene ring substituents is 1. The molecule has 1 aromatic carbocycles. The Balaban J connectivity index is 2.00. The van der Waals surface area contributed by atoms with Crippen molar-refractivity contribution in [1.82, 2.24) is 4.98 Å². The predicted octanol–water partition coefficient (Wildman–Crippen LogP) is 3.36. The molecule has 0 radical (unpaired) electrons. The molecule has 6 heteroatoms. The van der Waals surface area contributed by atoms with E-state index in [-0.39, 0.29) is 5.69 Å². The molecule has 0 unspecified atom stereocenters. The average molecular weight is 308 g/mol. The highest BCUT2D eigenvalue weighted by Crippen LogP contribution is 2.16. The molecule has 0 aliphatic carbocycles. The summed E-state index contributed by atoms with van der Waals surface area (Å²) in [5, 5.41) is 13.7. The molecule has 1 N–H and O–H groups in total. The zero-order valence-corrected chi connectivity index (χ0v) is 10.9. The Labute approximate surface area is 112 Å². The maximum Gasteiger partial charge on any atom is 0.269 e. The van der Waals surface area contributed by atoms with Gasteiger partial charge in [-0.05, 0) is 27.6 Å². The molecule has 2 rings (SSSR count). The molecule has 0 atom stereocenters. The fourth-order valence-electron chi connectivity index (χ4n) is 1.45. The largest absolute Gasteiger partial charge is 0.380 e. The zero-order chi connectivity index (χ0) is 13.0. The summed E-state index contributed by atoms with van der Waals surface area (Å²) in [5.74, 6) is 0. The summed E-state index contributed by atoms with van der Waals surface area (Å²) in [6.07, 6.45) is 3.42. The molecule has 1 heterocycles. The van der Waals surface area contributed by atoms with Gasteiger partial charge in [0.25, 0.3) is 5.69 Å². The number of benzene rings is 1. The SMILES string of the molecule is O=[N+]([O-])c1ccc(CNc2cncc(Br)c2)cc1. The Kier molecular flexibility index (Phi) is 3.88. The van der Waals surface area contributed by atoms with Gasteiger partial charge < -0.3 is 5.32 Å². The second-order valence-corrected chi connectivity index (χ2v) is 4.58. The summed E-state index contributed by atoms with van der Waals surface area (Å²) in [7, 11) is 0. The molecule has 0 aliphatic heterocycles. The van der Waals surface area contributed by atoms with E-state index in [1.54, 1.807) is 24.5 Å². The quantitative estimate of drug-likeness (QED) is 0.694. The molecule has 0 spiro atoms. The molecular weight excluding hydrogens is 298 g/mol. The third-order valence-electron chi connectivity index (χ3n) is 2.35. The predicted molar refractivity (Wildman–Crippen MR) is 72.4 cm³/mol. The van der Waals surface area contributed by atoms with E-state index in [0.717, 1.165) is 15.7 Å². The molecule has 0 bridgehead atoms. The van der Waals surface area contributed by atoms with Crippen molar-refractivity contribution in [3.05, 3.63) is 62.9 Å². The molecular formula is C12H10BrN3O2. The number of pyridine rings is 1. The van der Waals surface area contributed by atoms with Crippen molar-refractivity contribution < 1.29 is 4.92 Å². The summed E-state index contributed by atoms with van der Waals surface area (Å²) >= 11 is 3.34. The molecule has 5 nitrogen and oxygen atoms in total. The van der Waals surface area contributed by atoms with Crippen molar-refractivity contribution >= 4 is 27.3 Å². The van der Waals surface area contributed by atoms with Gasteiger partial charge in [-0.2, -0.15) is 0 Å². The Morgan fingerprint density at radius 3 is 2.61 bits per heavy atom. The van der Waals surface area contributed by atoms with Crippen LogP contribution < -0.4 is 5.32 Å². The number of hydrogen-bond acceptors (Lipinski definition) is 4. The first-order chi connectivity index (χ1) is 8.65. The van der Waals surface area contributed by atoms with E-state index in [0.29, 0.717) is 6.54 Å². The Morgan fingerprint density at radius 1 is 1.28 bits per heavy atom. The van der Waals surface area contributed by atoms with Crippen LogP contribution in [0.4, 0.5) is 11.4 Å². The van der Waals surface area contributed by atoms with Gasteiger partial charge in [-0.15, -0.1) is 0 Å². The minimum atomic E-state index is -0.407. The standard InChI is InChI=1S/C12H10BrN3O2/c13-10-5-11(8-14-7-10)15-6-9-1-3-12(4-2-9)16(17)18/h1-5,7-8,15H,6H2. The molecule has 0 amide bonds. The van der Waals surface area contributed by atoms with E-state index in [9.17, 15) is 10.1 Å². The first kappa shape index (κ1) is 12.5. The highest BCUT2D eigenvalue weighted by molar-refractivity contribution is 9.10. The van der Waals surface area contributed by atoms with E-state index in [2.05, 4.69) is 26.2 Å². The third-order valence-corrected chi connectivity index (χ3v) is 2.78. The van der Waals surface area contributed by atoms with Gasteiger partial charge in [0.05, 0.1) is 16.8 Å². The van der Waals surface area contributed by atoms with Crippen LogP contribution in [-0.2, 0) is 6.54 Å². The van der Waals surface area contributed by atoms with Gasteiger partial charge in [0, 0.05) is 29.3 Å². The molecule has 18 heavy (non-hydrogen) atoms. The van der Waals surface area contributed by atoms with E-state index in [4.69, 9.17) is 0 Å². The summed E-state index contributed by atoms with van der Waals surface area (Å²) in [6, 6.07) is 8.37. The van der Waals surface area contributed by atoms with Gasteiger partial charge in [-0.3, -0.25) is 15.1 Å². The van der Waals surface area contributed by atoms with E-state index in [1.165, 1.54) is 12.1 Å². The molecule has 92 valence electrons. The number of hydrogen-bond donors (Lipinski definition) is 1. The van der Waals surface area contributed by atoms with Crippen LogP contribution in [0.2, 0.25) is 0 Å². The van der Waals surface area contributed by atoms with Crippen molar-refractivity contribution in [3.8, 4) is 0 Å². The van der Waals surface area contributed by atoms with Crippen molar-refractivity contribution in [3.63, 3.8) is 0 Å². The number of anilines is 1. The van der Waals surface area contributed by atoms with Crippen LogP contribution in [-0.4, -0.2) is 9.91 Å². The zero-order valence-electron chi connectivity index (χ0n) is 9.34. The molecule has 2 aromatic rings. The van der Waals surface area contributed by atoms with E-state index in [1.807, 2.05) is 6.07 Å². The lowest BCUT2D eigenvalue weighted by atomic mass is 10.2. The van der Waals surface area contributed by atoms with Crippen molar-refractivity contribution in [1.29, 1.82) is 0 Å². The lowest BCUT2D eigenvalue weighted by Crippen LogP contribution is -1.99. The summed E-state index contributed by atoms with van der Waals surface area (Å²) in [6.45, 7) is 0.593. The van der Waals surface area contributed by atoms with Gasteiger partial charge in [0.15, 0.2) is 0 Å². The van der Waals surface area contributed by atoms with E-state index < -0.39 is 4.92 Å². The van der Waals surface area contributed by atoms with Crippen molar-refractivity contribution in [2.24, 2.45) is 0 Å². The van der Waals surface area contributed by atoms with E-state index >= 15 is 0 Å². The third kappa shape index (κ3) is 3.27. The molecule has 1 aromatic heterocycles. The minimum Gasteiger partial charge on any atom is -0.380 e. The molecule has 0 aliphatic rings. The van der Waals surface area contributed by atoms with Crippen molar-refractivity contribution in [2.75, 3.05) is 5.32 Å². The van der Waals surface area contributed by atoms with Crippen LogP contribution in [0.25, 0.3) is 0 Å². The van der Waals surface area contributed by atoms with Crippen LogP contribution in [0.3, 0.4) is 0 Å². The first-order valence-corrected chi connectivity index (χ1v) is 6.02. The van der Waals surface area contributed by atoms with Gasteiger partial charge in [0.1, 0.15) is 0 Å². The molecule has 0 saturated heterocycles. The maximum absolute atomic E-state index is 10.5. The number of rotatable bonds is 4. The smallest absolute Gasteiger partial charge is 0.269 e. The van der Waals surface area contributed by atoms with Gasteiger partial charge >= 0.3 is 0 Å². The summed E-state index contributed by atoms with van der Waals surface area (Å²) < 4.78 is 0.899. The second kappa shape index (κ2) is 5.59. The number of aromatic nitrogens is 1. The van der Waals surface area contributed by atoms with Crippen LogP contribution in [0.15, 0.2) is 47.2 Å². The van der Waals surface area contributed by atoms with Crippen molar-refractivity contribution in [2.45, 2.75) is 6.54 Å². The Bertz CT molecular complexity index is 558. The van der Waals surface area contributed by atoms with Crippen LogP contribution in [0, 0.1) is 10.1 Å². The summed E-state index contributed by atoms with van der Waals surface area (Å²) in [4.78, 5) is 14.1. The highest BCUT2D eigenvalue weighted by Gasteiger charge is 2.03.